The van der Waals surface area contributed by atoms with Crippen LogP contribution >= 0.6 is 0 Å². The van der Waals surface area contributed by atoms with Crippen LogP contribution in [0, 0.1) is 11.3 Å². The van der Waals surface area contributed by atoms with Crippen molar-refractivity contribution in [1.29, 1.82) is 5.26 Å². The van der Waals surface area contributed by atoms with E-state index >= 15 is 0 Å². The number of fused-ring (bicyclic) bond motifs is 1. The van der Waals surface area contributed by atoms with Crippen molar-refractivity contribution < 1.29 is 4.43 Å². The van der Waals surface area contributed by atoms with Gasteiger partial charge in [-0.15, -0.1) is 0 Å². The summed E-state index contributed by atoms with van der Waals surface area (Å²) in [4.78, 5) is 23.5. The SMILES string of the molecule is CC(C)(C)[Si](C)(C)OC[C@@]1(C)CNc2c(C#N)cc(-c3ccnc(Nc4ccc[nH]c4=O)n3)cc21. The van der Waals surface area contributed by atoms with Crippen molar-refractivity contribution in [2.75, 3.05) is 23.8 Å². The Bertz CT molecular complexity index is 1350. The molecule has 35 heavy (non-hydrogen) atoms. The Labute approximate surface area is 206 Å². The molecule has 3 N–H and O–H groups in total. The van der Waals surface area contributed by atoms with Crippen molar-refractivity contribution in [3.05, 3.63) is 64.2 Å². The molecule has 2 aromatic heterocycles. The molecule has 0 aliphatic carbocycles. The normalized spacial score (nSPS) is 17.4. The van der Waals surface area contributed by atoms with Gasteiger partial charge in [0, 0.05) is 36.5 Å². The number of nitrogens with zero attached hydrogens (tertiary/aromatic N) is 3. The van der Waals surface area contributed by atoms with Gasteiger partial charge in [-0.3, -0.25) is 4.79 Å². The summed E-state index contributed by atoms with van der Waals surface area (Å²) in [6.45, 7) is 14.7. The van der Waals surface area contributed by atoms with E-state index in [0.29, 0.717) is 36.0 Å². The van der Waals surface area contributed by atoms with Gasteiger partial charge in [0.1, 0.15) is 11.8 Å². The molecule has 0 saturated heterocycles. The molecular formula is C26H32N6O2Si. The van der Waals surface area contributed by atoms with Gasteiger partial charge >= 0.3 is 0 Å². The topological polar surface area (TPSA) is 116 Å². The fourth-order valence-corrected chi connectivity index (χ4v) is 4.94. The van der Waals surface area contributed by atoms with Crippen LogP contribution in [0.4, 0.5) is 17.3 Å². The van der Waals surface area contributed by atoms with Gasteiger partial charge < -0.3 is 20.0 Å². The van der Waals surface area contributed by atoms with Crippen LogP contribution < -0.4 is 16.2 Å². The van der Waals surface area contributed by atoms with Gasteiger partial charge in [-0.05, 0) is 54.0 Å². The molecular weight excluding hydrogens is 456 g/mol. The first kappa shape index (κ1) is 24.6. The predicted octanol–water partition coefficient (Wildman–Crippen LogP) is 5.15. The maximum Gasteiger partial charge on any atom is 0.271 e. The zero-order valence-electron chi connectivity index (χ0n) is 21.1. The predicted molar refractivity (Wildman–Crippen MR) is 142 cm³/mol. The number of nitrogens with one attached hydrogen (secondary N) is 3. The summed E-state index contributed by atoms with van der Waals surface area (Å²) in [6.07, 6.45) is 3.21. The molecule has 1 aliphatic rings. The van der Waals surface area contributed by atoms with Crippen molar-refractivity contribution in [1.82, 2.24) is 15.0 Å². The lowest BCUT2D eigenvalue weighted by atomic mass is 9.83. The lowest BCUT2D eigenvalue weighted by Crippen LogP contribution is -2.45. The molecule has 182 valence electrons. The molecule has 0 spiro atoms. The molecule has 0 unspecified atom stereocenters. The minimum atomic E-state index is -1.94. The summed E-state index contributed by atoms with van der Waals surface area (Å²) in [6, 6.07) is 11.5. The van der Waals surface area contributed by atoms with Crippen LogP contribution in [0.2, 0.25) is 18.1 Å². The second kappa shape index (κ2) is 8.95. The summed E-state index contributed by atoms with van der Waals surface area (Å²) >= 11 is 0. The Morgan fingerprint density at radius 2 is 2.06 bits per heavy atom. The van der Waals surface area contributed by atoms with Crippen LogP contribution in [0.15, 0.2) is 47.5 Å². The molecule has 0 bridgehead atoms. The highest BCUT2D eigenvalue weighted by Crippen LogP contribution is 2.43. The molecule has 8 nitrogen and oxygen atoms in total. The summed E-state index contributed by atoms with van der Waals surface area (Å²) in [5, 5.41) is 16.4. The van der Waals surface area contributed by atoms with E-state index in [-0.39, 0.29) is 16.0 Å². The smallest absolute Gasteiger partial charge is 0.271 e. The lowest BCUT2D eigenvalue weighted by molar-refractivity contribution is 0.220. The molecule has 1 aromatic carbocycles. The van der Waals surface area contributed by atoms with Gasteiger partial charge in [0.25, 0.3) is 5.56 Å². The molecule has 3 aromatic rings. The average molecular weight is 489 g/mol. The second-order valence-electron chi connectivity index (χ2n) is 10.8. The van der Waals surface area contributed by atoms with Crippen LogP contribution in [0.5, 0.6) is 0 Å². The number of anilines is 3. The van der Waals surface area contributed by atoms with Crippen molar-refractivity contribution in [3.8, 4) is 17.3 Å². The van der Waals surface area contributed by atoms with E-state index < -0.39 is 8.32 Å². The molecule has 1 aliphatic heterocycles. The van der Waals surface area contributed by atoms with Crippen molar-refractivity contribution >= 4 is 25.6 Å². The van der Waals surface area contributed by atoms with Gasteiger partial charge in [0.05, 0.1) is 16.9 Å². The molecule has 0 saturated carbocycles. The van der Waals surface area contributed by atoms with Gasteiger partial charge in [-0.2, -0.15) is 5.26 Å². The summed E-state index contributed by atoms with van der Waals surface area (Å²) < 4.78 is 6.60. The average Bonchev–Trinajstić information content (AvgIpc) is 3.15. The van der Waals surface area contributed by atoms with Crippen molar-refractivity contribution in [2.45, 2.75) is 51.2 Å². The van der Waals surface area contributed by atoms with Gasteiger partial charge in [-0.25, -0.2) is 9.97 Å². The Kier molecular flexibility index (Phi) is 6.30. The number of benzene rings is 1. The Morgan fingerprint density at radius 3 is 2.74 bits per heavy atom. The van der Waals surface area contributed by atoms with E-state index in [1.54, 1.807) is 30.6 Å². The largest absolute Gasteiger partial charge is 0.416 e. The third kappa shape index (κ3) is 4.85. The van der Waals surface area contributed by atoms with Crippen LogP contribution in [0.1, 0.15) is 38.8 Å². The Balaban J connectivity index is 1.69. The number of H-pyrrole nitrogens is 1. The maximum absolute atomic E-state index is 12.0. The molecule has 3 heterocycles. The van der Waals surface area contributed by atoms with E-state index in [9.17, 15) is 10.1 Å². The third-order valence-corrected chi connectivity index (χ3v) is 11.6. The van der Waals surface area contributed by atoms with Gasteiger partial charge in [0.15, 0.2) is 8.32 Å². The number of aromatic amines is 1. The zero-order valence-corrected chi connectivity index (χ0v) is 22.1. The second-order valence-corrected chi connectivity index (χ2v) is 15.6. The Morgan fingerprint density at radius 1 is 1.29 bits per heavy atom. The number of rotatable bonds is 6. The zero-order chi connectivity index (χ0) is 25.4. The third-order valence-electron chi connectivity index (χ3n) is 7.14. The molecule has 9 heteroatoms. The first-order valence-corrected chi connectivity index (χ1v) is 14.6. The molecule has 0 amide bonds. The highest BCUT2D eigenvalue weighted by molar-refractivity contribution is 6.74. The maximum atomic E-state index is 12.0. The molecule has 4 rings (SSSR count). The van der Waals surface area contributed by atoms with E-state index in [1.807, 2.05) is 6.07 Å². The first-order chi connectivity index (χ1) is 16.4. The van der Waals surface area contributed by atoms with E-state index in [4.69, 9.17) is 4.43 Å². The minimum absolute atomic E-state index is 0.114. The molecule has 0 fully saturated rings. The molecule has 1 atom stereocenters. The lowest BCUT2D eigenvalue weighted by Gasteiger charge is -2.39. The van der Waals surface area contributed by atoms with Gasteiger partial charge in [-0.1, -0.05) is 27.7 Å². The fraction of sp³-hybridized carbons (Fsp3) is 0.385. The van der Waals surface area contributed by atoms with Crippen molar-refractivity contribution in [2.24, 2.45) is 0 Å². The number of hydrogen-bond acceptors (Lipinski definition) is 7. The van der Waals surface area contributed by atoms with Crippen LogP contribution in [-0.4, -0.2) is 36.4 Å². The summed E-state index contributed by atoms with van der Waals surface area (Å²) in [5.74, 6) is 0.306. The standard InChI is InChI=1S/C26H32N6O2Si/c1-25(2,3)35(5,6)34-16-26(4)15-30-22-18(14-27)12-17(13-19(22)26)20-9-11-29-24(31-20)32-21-8-7-10-28-23(21)33/h7-13,30H,15-16H2,1-6H3,(H,28,33)(H,29,31,32)/t26-/m1/s1. The monoisotopic (exact) mass is 488 g/mol. The van der Waals surface area contributed by atoms with Crippen LogP contribution in [0.3, 0.4) is 0 Å². The highest BCUT2D eigenvalue weighted by atomic mass is 28.4. The summed E-state index contributed by atoms with van der Waals surface area (Å²) in [7, 11) is -1.94. The quantitative estimate of drug-likeness (QED) is 0.411. The van der Waals surface area contributed by atoms with E-state index in [1.165, 1.54) is 0 Å². The van der Waals surface area contributed by atoms with Gasteiger partial charge in [0.2, 0.25) is 5.95 Å². The van der Waals surface area contributed by atoms with Crippen LogP contribution in [-0.2, 0) is 9.84 Å². The number of nitriles is 1. The first-order valence-electron chi connectivity index (χ1n) is 11.7. The van der Waals surface area contributed by atoms with Crippen molar-refractivity contribution in [3.63, 3.8) is 0 Å². The fourth-order valence-electron chi connectivity index (χ4n) is 3.83. The summed E-state index contributed by atoms with van der Waals surface area (Å²) in [5.41, 5.74) is 3.78. The number of aromatic nitrogens is 3. The number of pyridine rings is 1. The highest BCUT2D eigenvalue weighted by Gasteiger charge is 2.42. The Hall–Kier alpha value is -3.48. The van der Waals surface area contributed by atoms with Crippen LogP contribution in [0.25, 0.3) is 11.3 Å². The minimum Gasteiger partial charge on any atom is -0.416 e. The van der Waals surface area contributed by atoms with E-state index in [0.717, 1.165) is 16.8 Å². The van der Waals surface area contributed by atoms with E-state index in [2.05, 4.69) is 78.5 Å². The molecule has 0 radical (unpaired) electrons. The number of hydrogen-bond donors (Lipinski definition) is 3.